The van der Waals surface area contributed by atoms with Gasteiger partial charge < -0.3 is 60.5 Å². The topological polar surface area (TPSA) is 358 Å². The molecule has 11 N–H and O–H groups in total. The minimum absolute atomic E-state index is 0.00621. The number of nitrogen functional groups attached to an aromatic ring is 1. The van der Waals surface area contributed by atoms with Crippen molar-refractivity contribution in [2.45, 2.75) is 55.2 Å². The first-order valence-electron chi connectivity index (χ1n) is 11.4. The second kappa shape index (κ2) is 12.4. The van der Waals surface area contributed by atoms with E-state index in [-0.39, 0.29) is 17.0 Å². The van der Waals surface area contributed by atoms with E-state index in [4.69, 9.17) is 20.3 Å². The Morgan fingerprint density at radius 1 is 0.833 bits per heavy atom. The molecule has 23 nitrogen and oxygen atoms in total. The van der Waals surface area contributed by atoms with Crippen molar-refractivity contribution in [2.24, 2.45) is 0 Å². The van der Waals surface area contributed by atoms with Crippen molar-refractivity contribution in [2.75, 3.05) is 18.9 Å². The fraction of sp³-hybridized carbons (Fsp3) is 0.688. The summed E-state index contributed by atoms with van der Waals surface area (Å²) in [4.78, 5) is 41.1. The molecule has 0 aliphatic carbocycles. The molecule has 2 aromatic heterocycles. The molecule has 2 saturated heterocycles. The van der Waals surface area contributed by atoms with Gasteiger partial charge in [-0.05, 0) is 0 Å². The molecule has 0 aromatic carbocycles. The zero-order valence-electron chi connectivity index (χ0n) is 20.7. The molecule has 0 amide bonds. The number of fused-ring (bicyclic) bond motifs is 1. The molecule has 4 heterocycles. The number of ether oxygens (including phenoxy) is 2. The number of rotatable bonds is 11. The second-order valence-electron chi connectivity index (χ2n) is 8.80. The predicted molar refractivity (Wildman–Crippen MR) is 128 cm³/mol. The van der Waals surface area contributed by atoms with Gasteiger partial charge in [0.15, 0.2) is 24.0 Å². The Morgan fingerprint density at radius 2 is 1.48 bits per heavy atom. The van der Waals surface area contributed by atoms with Crippen LogP contribution >= 0.6 is 23.5 Å². The number of aliphatic hydroxyl groups excluding tert-OH is 6. The number of anilines is 1. The Bertz CT molecular complexity index is 1410. The highest BCUT2D eigenvalue weighted by Crippen LogP contribution is 2.68. The van der Waals surface area contributed by atoms with Crippen LogP contribution in [0, 0.1) is 0 Å². The van der Waals surface area contributed by atoms with Crippen LogP contribution in [0.4, 0.5) is 5.82 Å². The maximum Gasteiger partial charge on any atom is 0.490 e. The SMILES string of the molecule is Nc1ncnc2c1ncn2[C@@H]1O[C@H](COP(=O)(O)OP(=O)(O)OP(=O)(O)O[C@H]2O[C@H](CO)[C@@H](O)[C@H](O)[C@H]2O)[C@@H](O)[C@H]1O. The fourth-order valence-corrected chi connectivity index (χ4v) is 7.51. The molecule has 4 rings (SSSR count). The summed E-state index contributed by atoms with van der Waals surface area (Å²) in [6, 6.07) is 0. The number of hydrogen-bond acceptors (Lipinski definition) is 19. The lowest BCUT2D eigenvalue weighted by atomic mass is 10.00. The number of nitrogens with zero attached hydrogens (tertiary/aromatic N) is 4. The minimum atomic E-state index is -6.01. The van der Waals surface area contributed by atoms with Crippen molar-refractivity contribution >= 4 is 40.4 Å². The van der Waals surface area contributed by atoms with Crippen LogP contribution in [0.2, 0.25) is 0 Å². The van der Waals surface area contributed by atoms with E-state index in [1.807, 2.05) is 0 Å². The van der Waals surface area contributed by atoms with Crippen LogP contribution in [-0.2, 0) is 40.8 Å². The Kier molecular flexibility index (Phi) is 9.88. The normalized spacial score (nSPS) is 36.4. The van der Waals surface area contributed by atoms with Crippen molar-refractivity contribution in [1.29, 1.82) is 0 Å². The lowest BCUT2D eigenvalue weighted by Crippen LogP contribution is -2.58. The van der Waals surface area contributed by atoms with E-state index >= 15 is 0 Å². The Labute approximate surface area is 233 Å². The van der Waals surface area contributed by atoms with Crippen molar-refractivity contribution in [3.05, 3.63) is 12.7 Å². The van der Waals surface area contributed by atoms with Crippen LogP contribution in [0.25, 0.3) is 11.2 Å². The van der Waals surface area contributed by atoms with Crippen LogP contribution in [0.5, 0.6) is 0 Å². The third kappa shape index (κ3) is 7.21. The summed E-state index contributed by atoms with van der Waals surface area (Å²) in [5.41, 5.74) is 5.95. The average Bonchev–Trinajstić information content (AvgIpc) is 3.43. The first-order valence-corrected chi connectivity index (χ1v) is 15.9. The second-order valence-corrected chi connectivity index (χ2v) is 13.4. The number of aliphatic hydroxyl groups is 6. The summed E-state index contributed by atoms with van der Waals surface area (Å²) >= 11 is 0. The van der Waals surface area contributed by atoms with E-state index < -0.39 is 91.9 Å². The highest BCUT2D eigenvalue weighted by Gasteiger charge is 2.50. The van der Waals surface area contributed by atoms with E-state index in [1.165, 1.54) is 10.9 Å². The highest BCUT2D eigenvalue weighted by molar-refractivity contribution is 7.66. The van der Waals surface area contributed by atoms with Crippen LogP contribution in [0.3, 0.4) is 0 Å². The van der Waals surface area contributed by atoms with Gasteiger partial charge in [0.05, 0.1) is 19.5 Å². The van der Waals surface area contributed by atoms with E-state index in [2.05, 4.69) is 32.6 Å². The van der Waals surface area contributed by atoms with Gasteiger partial charge in [0.2, 0.25) is 0 Å². The van der Waals surface area contributed by atoms with Gasteiger partial charge in [-0.25, -0.2) is 28.6 Å². The summed E-state index contributed by atoms with van der Waals surface area (Å²) in [6.07, 6.45) is -14.1. The molecule has 3 unspecified atom stereocenters. The first-order chi connectivity index (χ1) is 19.4. The van der Waals surface area contributed by atoms with Crippen LogP contribution in [0.1, 0.15) is 6.23 Å². The maximum atomic E-state index is 12.3. The van der Waals surface area contributed by atoms with Crippen molar-refractivity contribution < 1.29 is 86.2 Å². The number of phosphoric ester groups is 2. The van der Waals surface area contributed by atoms with E-state index in [0.29, 0.717) is 0 Å². The molecule has 0 radical (unpaired) electrons. The molecular weight excluding hydrogens is 643 g/mol. The first kappa shape index (κ1) is 33.3. The largest absolute Gasteiger partial charge is 0.490 e. The molecular formula is C16H26N5O18P3. The molecule has 2 aliphatic rings. The molecule has 238 valence electrons. The standard InChI is InChI=1S/C16H26N5O18P3/c17-13-7-14(19-3-18-13)21(4-20-7)15-11(26)9(24)6(35-15)2-34-40(28,29)38-42(32,33)39-41(30,31)37-16-12(27)10(25)8(23)5(1-22)36-16/h3-6,8-12,15-16,22-27H,1-2H2,(H,28,29)(H,30,31)(H,32,33)(H2,17,18,19)/t5-,6-,8-,9-,10+,11-,12-,15-,16-/m1/s1. The minimum Gasteiger partial charge on any atom is -0.394 e. The van der Waals surface area contributed by atoms with Gasteiger partial charge in [0, 0.05) is 0 Å². The molecule has 2 fully saturated rings. The summed E-state index contributed by atoms with van der Waals surface area (Å²) in [5, 5.41) is 59.2. The lowest BCUT2D eigenvalue weighted by Gasteiger charge is -2.39. The molecule has 2 aromatic rings. The Balaban J connectivity index is 1.36. The summed E-state index contributed by atoms with van der Waals surface area (Å²) < 4.78 is 64.8. The van der Waals surface area contributed by atoms with E-state index in [9.17, 15) is 53.9 Å². The number of nitrogens with two attached hydrogens (primary N) is 1. The van der Waals surface area contributed by atoms with Gasteiger partial charge in [0.25, 0.3) is 0 Å². The summed E-state index contributed by atoms with van der Waals surface area (Å²) in [6.45, 7) is -2.00. The molecule has 12 atom stereocenters. The summed E-state index contributed by atoms with van der Waals surface area (Å²) in [5.74, 6) is 0.00621. The highest BCUT2D eigenvalue weighted by atomic mass is 31.3. The van der Waals surface area contributed by atoms with Gasteiger partial charge in [-0.2, -0.15) is 8.62 Å². The van der Waals surface area contributed by atoms with Gasteiger partial charge in [-0.1, -0.05) is 0 Å². The smallest absolute Gasteiger partial charge is 0.394 e. The molecule has 0 saturated carbocycles. The Hall–Kier alpha value is -1.56. The quantitative estimate of drug-likeness (QED) is 0.102. The third-order valence-corrected chi connectivity index (χ3v) is 10.2. The molecule has 2 aliphatic heterocycles. The Morgan fingerprint density at radius 3 is 2.14 bits per heavy atom. The van der Waals surface area contributed by atoms with Crippen molar-refractivity contribution in [3.8, 4) is 0 Å². The molecule has 26 heteroatoms. The van der Waals surface area contributed by atoms with E-state index in [0.717, 1.165) is 6.33 Å². The van der Waals surface area contributed by atoms with Crippen molar-refractivity contribution in [3.63, 3.8) is 0 Å². The number of imidazole rings is 1. The zero-order valence-corrected chi connectivity index (χ0v) is 23.4. The lowest BCUT2D eigenvalue weighted by molar-refractivity contribution is -0.280. The van der Waals surface area contributed by atoms with Crippen LogP contribution in [0.15, 0.2) is 12.7 Å². The number of phosphoric acid groups is 3. The van der Waals surface area contributed by atoms with Gasteiger partial charge >= 0.3 is 23.5 Å². The monoisotopic (exact) mass is 669 g/mol. The number of hydrogen-bond donors (Lipinski definition) is 10. The van der Waals surface area contributed by atoms with Gasteiger partial charge in [-0.3, -0.25) is 13.6 Å². The molecule has 42 heavy (non-hydrogen) atoms. The van der Waals surface area contributed by atoms with Gasteiger partial charge in [-0.15, -0.1) is 0 Å². The van der Waals surface area contributed by atoms with Gasteiger partial charge in [0.1, 0.15) is 54.6 Å². The number of aromatic nitrogens is 4. The predicted octanol–water partition coefficient (Wildman–Crippen LogP) is -3.80. The molecule has 0 bridgehead atoms. The van der Waals surface area contributed by atoms with E-state index in [1.54, 1.807) is 0 Å². The van der Waals surface area contributed by atoms with Crippen molar-refractivity contribution in [1.82, 2.24) is 19.5 Å². The maximum absolute atomic E-state index is 12.3. The van der Waals surface area contributed by atoms with Crippen LogP contribution in [-0.4, -0.2) is 127 Å². The van der Waals surface area contributed by atoms with Crippen LogP contribution < -0.4 is 5.73 Å². The average molecular weight is 669 g/mol. The third-order valence-electron chi connectivity index (χ3n) is 5.90. The zero-order chi connectivity index (χ0) is 31.2. The molecule has 0 spiro atoms. The fourth-order valence-electron chi connectivity index (χ4n) is 3.92. The summed E-state index contributed by atoms with van der Waals surface area (Å²) in [7, 11) is -17.5.